The van der Waals surface area contributed by atoms with Gasteiger partial charge in [0.15, 0.2) is 0 Å². The Balaban J connectivity index is 0.000000124. The second kappa shape index (κ2) is 43.2. The van der Waals surface area contributed by atoms with Crippen LogP contribution in [-0.2, 0) is 121 Å². The van der Waals surface area contributed by atoms with E-state index in [0.717, 1.165) is 161 Å². The lowest BCUT2D eigenvalue weighted by Gasteiger charge is -2.46. The highest BCUT2D eigenvalue weighted by Gasteiger charge is 2.50. The van der Waals surface area contributed by atoms with E-state index >= 15 is 0 Å². The standard InChI is InChI=1S/C32H32N4O5.C28H31N5O5.C26H28N4O4.C25H26N4O5/c1-2-14-34-19-30(37)36-18-29-26(16-28(36)32(34)39)25-15-24(41-20-22-6-4-3-5-7-22)12-13-27(25)35(29)17-21-8-10-23(11-9-21)31(38)33-40;34-26-18-31(10-9-30-11-13-38-14-12-30)28(36)24-15-22-21-3-1-2-4-23(21)32(25(22)17-33(24)26)16-19-5-7-20(8-6-19)27(35)29-37;1-3-12-28-15-23(31)30-16(2)24-20(13-22(30)26(28)33)19-6-4-5-7-21(19)29(24)14-17-8-10-18(11-9-17)25(32)27-34;1-2-9-27-14-23(31)29-13-22-19(11-21(29)25(27)33)18-10-17(30)7-8-20(18)28(22)12-15-3-5-16(6-4-15)24(32)26-34/h3-13,15,28,40H,2,14,16-20H2,1H3,(H,33,38);1-8,24,37H,9-18H2,(H,29,35);4-11,16,22,34H,3,12-15H2,1-2H3,(H,27,32);3-8,10,21,30,34H,2,9,11-14H2,1H3,(H,26,32)/t;;16-,22-;/m..0./s1. The van der Waals surface area contributed by atoms with Crippen molar-refractivity contribution in [3.63, 3.8) is 0 Å². The molecule has 147 heavy (non-hydrogen) atoms. The summed E-state index contributed by atoms with van der Waals surface area (Å²) in [5, 5.41) is 49.8. The fraction of sp³-hybridized carbons (Fsp3) is 0.333. The number of aromatic nitrogens is 4. The average molecular weight is 1990 g/mol. The molecular formula is C111H117N17O19. The van der Waals surface area contributed by atoms with Gasteiger partial charge in [-0.3, -0.25) is 83.3 Å². The number of aromatic hydroxyl groups is 1. The van der Waals surface area contributed by atoms with E-state index < -0.39 is 47.8 Å². The van der Waals surface area contributed by atoms with Crippen molar-refractivity contribution in [1.29, 1.82) is 0 Å². The van der Waals surface area contributed by atoms with E-state index in [0.29, 0.717) is 140 Å². The number of para-hydroxylation sites is 2. The van der Waals surface area contributed by atoms with Gasteiger partial charge >= 0.3 is 0 Å². The van der Waals surface area contributed by atoms with Gasteiger partial charge in [-0.05, 0) is 173 Å². The molecule has 22 rings (SSSR count). The van der Waals surface area contributed by atoms with E-state index in [4.69, 9.17) is 30.3 Å². The first-order chi connectivity index (χ1) is 71.3. The molecule has 760 valence electrons. The van der Waals surface area contributed by atoms with Gasteiger partial charge in [0, 0.05) is 186 Å². The summed E-state index contributed by atoms with van der Waals surface area (Å²) in [4.78, 5) is 169. The van der Waals surface area contributed by atoms with Crippen molar-refractivity contribution in [3.8, 4) is 11.5 Å². The highest BCUT2D eigenvalue weighted by Crippen LogP contribution is 2.45. The lowest BCUT2D eigenvalue weighted by molar-refractivity contribution is -0.159. The summed E-state index contributed by atoms with van der Waals surface area (Å²) in [6.07, 6.45) is 4.28. The van der Waals surface area contributed by atoms with E-state index in [2.05, 4.69) is 47.4 Å². The second-order valence-electron chi connectivity index (χ2n) is 38.6. The molecule has 5 saturated heterocycles. The number of amides is 12. The van der Waals surface area contributed by atoms with Gasteiger partial charge < -0.3 is 72.0 Å². The van der Waals surface area contributed by atoms with Gasteiger partial charge in [0.1, 0.15) is 42.3 Å². The van der Waals surface area contributed by atoms with Gasteiger partial charge in [-0.15, -0.1) is 0 Å². The SMILES string of the molecule is CCCN1CC(=O)N2Cc3c(c4cc(O)ccc4n3Cc3ccc(C(=O)NO)cc3)CC2C1=O.CCCN1CC(=O)N2Cc3c(c4cc(OCc5ccccc5)ccc4n3Cc3ccc(C(=O)NO)cc3)CC2C1=O.CCCN1CC(=O)N2[C@@H](Cc3c(n(Cc4ccc(C(=O)NO)cc4)c4ccccc34)[C@@H]2C)C1=O.O=C(NO)c1ccc(Cn2c3c(c4ccccc42)CC2C(=O)N(CCN4CCOCC4)CC(=O)N2C3)cc1. The molecule has 13 heterocycles. The summed E-state index contributed by atoms with van der Waals surface area (Å²) in [6.45, 7) is 18.3. The maximum Gasteiger partial charge on any atom is 0.274 e. The summed E-state index contributed by atoms with van der Waals surface area (Å²) >= 11 is 0. The zero-order valence-corrected chi connectivity index (χ0v) is 82.2. The third-order valence-corrected chi connectivity index (χ3v) is 29.8. The third kappa shape index (κ3) is 20.0. The maximum atomic E-state index is 13.6. The van der Waals surface area contributed by atoms with Gasteiger partial charge in [0.05, 0.1) is 65.1 Å². The number of phenols is 1. The molecule has 13 aromatic rings. The Labute approximate surface area is 846 Å². The minimum Gasteiger partial charge on any atom is -0.508 e. The van der Waals surface area contributed by atoms with Crippen LogP contribution >= 0.6 is 0 Å². The van der Waals surface area contributed by atoms with Gasteiger partial charge in [-0.2, -0.15) is 0 Å². The summed E-state index contributed by atoms with van der Waals surface area (Å²) in [5.41, 5.74) is 25.3. The second-order valence-corrected chi connectivity index (χ2v) is 38.6. The molecule has 9 aliphatic heterocycles. The number of rotatable bonds is 24. The van der Waals surface area contributed by atoms with Crippen molar-refractivity contribution in [2.45, 2.75) is 155 Å². The first-order valence-electron chi connectivity index (χ1n) is 50.0. The number of phenolic OH excluding ortho intramolecular Hbond substituents is 1. The number of nitrogens with zero attached hydrogens (tertiary/aromatic N) is 13. The van der Waals surface area contributed by atoms with E-state index in [1.165, 1.54) is 0 Å². The number of hydroxylamine groups is 4. The lowest BCUT2D eigenvalue weighted by Crippen LogP contribution is -2.62. The predicted molar refractivity (Wildman–Crippen MR) is 541 cm³/mol. The molecule has 5 atom stereocenters. The molecule has 0 aliphatic carbocycles. The van der Waals surface area contributed by atoms with Gasteiger partial charge in [0.2, 0.25) is 47.3 Å². The van der Waals surface area contributed by atoms with E-state index in [-0.39, 0.29) is 85.2 Å². The zero-order valence-electron chi connectivity index (χ0n) is 82.2. The van der Waals surface area contributed by atoms with Crippen LogP contribution in [0.3, 0.4) is 0 Å². The van der Waals surface area contributed by atoms with Gasteiger partial charge in [-0.1, -0.05) is 136 Å². The largest absolute Gasteiger partial charge is 0.508 e. The van der Waals surface area contributed by atoms with Crippen molar-refractivity contribution < 1.29 is 92.9 Å². The van der Waals surface area contributed by atoms with Crippen LogP contribution in [0.1, 0.15) is 167 Å². The van der Waals surface area contributed by atoms with Crippen LogP contribution < -0.4 is 26.7 Å². The fourth-order valence-electron chi connectivity index (χ4n) is 22.5. The van der Waals surface area contributed by atoms with Crippen LogP contribution in [0, 0.1) is 0 Å². The normalized spacial score (nSPS) is 18.4. The molecule has 3 unspecified atom stereocenters. The van der Waals surface area contributed by atoms with Crippen molar-refractivity contribution in [1.82, 2.24) is 84.3 Å². The highest BCUT2D eigenvalue weighted by atomic mass is 16.5. The van der Waals surface area contributed by atoms with Gasteiger partial charge in [0.25, 0.3) is 23.6 Å². The zero-order chi connectivity index (χ0) is 103. The molecule has 36 heteroatoms. The summed E-state index contributed by atoms with van der Waals surface area (Å²) in [6, 6.07) is 63.4. The Morgan fingerprint density at radius 1 is 0.354 bits per heavy atom. The number of hydrogen-bond donors (Lipinski definition) is 9. The number of carbonyl (C=O) groups is 12. The van der Waals surface area contributed by atoms with Crippen LogP contribution in [-0.4, -0.2) is 269 Å². The number of morpholine rings is 1. The van der Waals surface area contributed by atoms with E-state index in [1.54, 1.807) is 122 Å². The summed E-state index contributed by atoms with van der Waals surface area (Å²) in [7, 11) is 0. The third-order valence-electron chi connectivity index (χ3n) is 29.8. The molecule has 0 radical (unpaired) electrons. The van der Waals surface area contributed by atoms with Crippen LogP contribution in [0.25, 0.3) is 43.6 Å². The Bertz CT molecular complexity index is 7280. The lowest BCUT2D eigenvalue weighted by atomic mass is 9.89. The minimum absolute atomic E-state index is 0.00670. The van der Waals surface area contributed by atoms with Crippen molar-refractivity contribution >= 4 is 114 Å². The van der Waals surface area contributed by atoms with Crippen LogP contribution in [0.5, 0.6) is 11.5 Å². The molecule has 4 aromatic heterocycles. The number of fused-ring (bicyclic) bond motifs is 16. The molecular weight excluding hydrogens is 1880 g/mol. The van der Waals surface area contributed by atoms with Crippen molar-refractivity contribution in [3.05, 3.63) is 307 Å². The molecule has 9 N–H and O–H groups in total. The van der Waals surface area contributed by atoms with Crippen LogP contribution in [0.2, 0.25) is 0 Å². The Morgan fingerprint density at radius 2 is 0.701 bits per heavy atom. The smallest absolute Gasteiger partial charge is 0.274 e. The van der Waals surface area contributed by atoms with Crippen LogP contribution in [0.4, 0.5) is 0 Å². The fourth-order valence-corrected chi connectivity index (χ4v) is 22.5. The molecule has 5 fully saturated rings. The average Bonchev–Trinajstić information content (AvgIpc) is 1.58. The molecule has 9 aliphatic rings. The molecule has 36 nitrogen and oxygen atoms in total. The Morgan fingerprint density at radius 3 is 1.12 bits per heavy atom. The molecule has 9 aromatic carbocycles. The van der Waals surface area contributed by atoms with Crippen LogP contribution in [0.15, 0.2) is 212 Å². The maximum absolute atomic E-state index is 13.6. The minimum atomic E-state index is -0.581. The van der Waals surface area contributed by atoms with E-state index in [9.17, 15) is 62.6 Å². The molecule has 0 bridgehead atoms. The summed E-state index contributed by atoms with van der Waals surface area (Å²) < 4.78 is 20.3. The first kappa shape index (κ1) is 99.9. The number of ether oxygens (including phenoxy) is 2. The van der Waals surface area contributed by atoms with Crippen molar-refractivity contribution in [2.75, 3.05) is 85.2 Å². The monoisotopic (exact) mass is 1990 g/mol. The number of carbonyl (C=O) groups excluding carboxylic acids is 12. The number of hydrogen-bond acceptors (Lipinski definition) is 20. The number of nitrogens with one attached hydrogen (secondary N) is 4. The van der Waals surface area contributed by atoms with E-state index in [1.807, 2.05) is 155 Å². The highest BCUT2D eigenvalue weighted by molar-refractivity contribution is 6.03. The molecule has 12 amide bonds. The topological polar surface area (TPSA) is 421 Å². The Hall–Kier alpha value is -15.9. The quantitative estimate of drug-likeness (QED) is 0.0200. The Kier molecular flexibility index (Phi) is 29.3. The summed E-state index contributed by atoms with van der Waals surface area (Å²) in [5.74, 6) is -1.44. The predicted octanol–water partition coefficient (Wildman–Crippen LogP) is 10.0. The van der Waals surface area contributed by atoms with Gasteiger partial charge in [-0.25, -0.2) is 21.9 Å². The number of piperazine rings is 4. The van der Waals surface area contributed by atoms with Crippen molar-refractivity contribution in [2.24, 2.45) is 0 Å². The first-order valence-corrected chi connectivity index (χ1v) is 50.0. The number of benzene rings is 9. The molecule has 0 spiro atoms. The molecule has 0 saturated carbocycles.